The summed E-state index contributed by atoms with van der Waals surface area (Å²) in [4.78, 5) is 28.3. The highest BCUT2D eigenvalue weighted by atomic mass is 79.9. The molecule has 1 aliphatic heterocycles. The first-order chi connectivity index (χ1) is 16.5. The van der Waals surface area contributed by atoms with Gasteiger partial charge < -0.3 is 16.0 Å². The average molecular weight is 540 g/mol. The third kappa shape index (κ3) is 4.62. The molecule has 4 aromatic rings. The van der Waals surface area contributed by atoms with Crippen LogP contribution in [0.4, 0.5) is 11.5 Å². The van der Waals surface area contributed by atoms with E-state index in [0.29, 0.717) is 35.7 Å². The number of anilines is 2. The maximum absolute atomic E-state index is 12.3. The van der Waals surface area contributed by atoms with E-state index in [1.54, 1.807) is 10.7 Å². The van der Waals surface area contributed by atoms with E-state index in [9.17, 15) is 9.59 Å². The Labute approximate surface area is 208 Å². The van der Waals surface area contributed by atoms with Crippen molar-refractivity contribution >= 4 is 56.5 Å². The fourth-order valence-electron chi connectivity index (χ4n) is 3.81. The van der Waals surface area contributed by atoms with Gasteiger partial charge in [0.2, 0.25) is 11.8 Å². The number of fused-ring (bicyclic) bond motifs is 1. The van der Waals surface area contributed by atoms with Crippen LogP contribution in [-0.4, -0.2) is 32.5 Å². The van der Waals surface area contributed by atoms with Crippen LogP contribution < -0.4 is 16.0 Å². The molecule has 10 heteroatoms. The van der Waals surface area contributed by atoms with E-state index < -0.39 is 6.04 Å². The summed E-state index contributed by atoms with van der Waals surface area (Å²) in [6.45, 7) is 0.533. The van der Waals surface area contributed by atoms with E-state index in [2.05, 4.69) is 37.0 Å². The van der Waals surface area contributed by atoms with Crippen molar-refractivity contribution in [2.45, 2.75) is 25.4 Å². The number of nitrogens with one attached hydrogen (secondary N) is 3. The van der Waals surface area contributed by atoms with Crippen molar-refractivity contribution in [3.05, 3.63) is 75.9 Å². The van der Waals surface area contributed by atoms with Gasteiger partial charge in [-0.05, 0) is 46.1 Å². The lowest BCUT2D eigenvalue weighted by Gasteiger charge is -2.13. The molecule has 2 aromatic carbocycles. The molecule has 1 fully saturated rings. The van der Waals surface area contributed by atoms with Gasteiger partial charge in [-0.15, -0.1) is 0 Å². The molecule has 0 spiro atoms. The van der Waals surface area contributed by atoms with E-state index in [1.807, 2.05) is 54.6 Å². The minimum absolute atomic E-state index is 0.0892. The van der Waals surface area contributed by atoms with Crippen LogP contribution in [0.5, 0.6) is 0 Å². The quantitative estimate of drug-likeness (QED) is 0.331. The summed E-state index contributed by atoms with van der Waals surface area (Å²) in [5.41, 5.74) is 3.94. The lowest BCUT2D eigenvalue weighted by molar-refractivity contribution is -0.122. The standard InChI is InChI=1S/C24H20BrClN6O2/c25-17-13-28-32-21(11-20(31-23(17)32)16-3-1-2-4-18(16)26)27-12-14-5-7-15(8-6-14)29-24(34)19-9-10-22(33)30-19/h1-8,11,13,19,27H,9-10,12H2,(H,29,34)(H,30,33). The van der Waals surface area contributed by atoms with Crippen molar-refractivity contribution in [2.75, 3.05) is 10.6 Å². The first kappa shape index (κ1) is 22.4. The van der Waals surface area contributed by atoms with E-state index in [0.717, 1.165) is 27.1 Å². The third-order valence-electron chi connectivity index (χ3n) is 5.59. The van der Waals surface area contributed by atoms with Gasteiger partial charge in [-0.2, -0.15) is 9.61 Å². The maximum Gasteiger partial charge on any atom is 0.246 e. The van der Waals surface area contributed by atoms with Gasteiger partial charge in [0.25, 0.3) is 0 Å². The zero-order chi connectivity index (χ0) is 23.7. The average Bonchev–Trinajstić information content (AvgIpc) is 3.44. The van der Waals surface area contributed by atoms with Crippen LogP contribution in [0.1, 0.15) is 18.4 Å². The molecule has 0 saturated carbocycles. The predicted octanol–water partition coefficient (Wildman–Crippen LogP) is 4.64. The first-order valence-corrected chi connectivity index (χ1v) is 11.9. The molecule has 1 saturated heterocycles. The number of rotatable bonds is 6. The number of benzene rings is 2. The molecule has 3 N–H and O–H groups in total. The van der Waals surface area contributed by atoms with Crippen molar-refractivity contribution in [3.63, 3.8) is 0 Å². The van der Waals surface area contributed by atoms with Crippen LogP contribution in [0.2, 0.25) is 5.02 Å². The maximum atomic E-state index is 12.3. The van der Waals surface area contributed by atoms with E-state index >= 15 is 0 Å². The lowest BCUT2D eigenvalue weighted by Crippen LogP contribution is -2.37. The largest absolute Gasteiger partial charge is 0.366 e. The minimum atomic E-state index is -0.469. The highest BCUT2D eigenvalue weighted by Crippen LogP contribution is 2.30. The monoisotopic (exact) mass is 538 g/mol. The number of carbonyl (C=O) groups excluding carboxylic acids is 2. The highest BCUT2D eigenvalue weighted by Gasteiger charge is 2.27. The Kier molecular flexibility index (Phi) is 6.21. The third-order valence-corrected chi connectivity index (χ3v) is 6.47. The highest BCUT2D eigenvalue weighted by molar-refractivity contribution is 9.10. The summed E-state index contributed by atoms with van der Waals surface area (Å²) in [6.07, 6.45) is 2.61. The smallest absolute Gasteiger partial charge is 0.246 e. The number of amides is 2. The van der Waals surface area contributed by atoms with Crippen LogP contribution >= 0.6 is 27.5 Å². The summed E-state index contributed by atoms with van der Waals surface area (Å²) in [5, 5.41) is 14.0. The summed E-state index contributed by atoms with van der Waals surface area (Å²) in [5.74, 6) is 0.473. The number of hydrogen-bond acceptors (Lipinski definition) is 5. The van der Waals surface area contributed by atoms with E-state index in [-0.39, 0.29) is 11.8 Å². The summed E-state index contributed by atoms with van der Waals surface area (Å²) < 4.78 is 2.51. The van der Waals surface area contributed by atoms with Gasteiger partial charge in [-0.1, -0.05) is 41.9 Å². The molecule has 2 amide bonds. The summed E-state index contributed by atoms with van der Waals surface area (Å²) in [6, 6.07) is 16.6. The number of nitrogens with zero attached hydrogens (tertiary/aromatic N) is 3. The van der Waals surface area contributed by atoms with Crippen molar-refractivity contribution < 1.29 is 9.59 Å². The number of halogens is 2. The van der Waals surface area contributed by atoms with Crippen LogP contribution in [0.25, 0.3) is 16.9 Å². The molecule has 172 valence electrons. The van der Waals surface area contributed by atoms with Gasteiger partial charge in [0.1, 0.15) is 11.9 Å². The van der Waals surface area contributed by atoms with E-state index in [4.69, 9.17) is 16.6 Å². The zero-order valence-electron chi connectivity index (χ0n) is 17.9. The van der Waals surface area contributed by atoms with Gasteiger partial charge in [-0.3, -0.25) is 9.59 Å². The Morgan fingerprint density at radius 1 is 1.21 bits per heavy atom. The molecule has 34 heavy (non-hydrogen) atoms. The second-order valence-corrected chi connectivity index (χ2v) is 9.19. The van der Waals surface area contributed by atoms with Gasteiger partial charge >= 0.3 is 0 Å². The predicted molar refractivity (Wildman–Crippen MR) is 135 cm³/mol. The minimum Gasteiger partial charge on any atom is -0.366 e. The molecule has 0 bridgehead atoms. The topological polar surface area (TPSA) is 100 Å². The van der Waals surface area contributed by atoms with Crippen molar-refractivity contribution in [1.82, 2.24) is 19.9 Å². The lowest BCUT2D eigenvalue weighted by atomic mass is 10.1. The van der Waals surface area contributed by atoms with Crippen LogP contribution in [0, 0.1) is 0 Å². The second-order valence-electron chi connectivity index (χ2n) is 7.93. The van der Waals surface area contributed by atoms with Crippen LogP contribution in [0.3, 0.4) is 0 Å². The molecule has 8 nitrogen and oxygen atoms in total. The molecule has 2 aromatic heterocycles. The number of hydrogen-bond donors (Lipinski definition) is 3. The molecule has 1 unspecified atom stereocenters. The SMILES string of the molecule is O=C1CCC(C(=O)Nc2ccc(CNc3cc(-c4ccccc4Cl)nc4c(Br)cnn34)cc2)N1. The fourth-order valence-corrected chi connectivity index (χ4v) is 4.39. The Hall–Kier alpha value is -3.43. The van der Waals surface area contributed by atoms with Gasteiger partial charge in [0.05, 0.1) is 16.4 Å². The van der Waals surface area contributed by atoms with Crippen molar-refractivity contribution in [1.29, 1.82) is 0 Å². The van der Waals surface area contributed by atoms with Crippen molar-refractivity contribution in [2.24, 2.45) is 0 Å². The number of carbonyl (C=O) groups is 2. The normalized spacial score (nSPS) is 15.4. The molecular formula is C24H20BrClN6O2. The Bertz CT molecular complexity index is 1390. The molecule has 1 aliphatic rings. The number of aromatic nitrogens is 3. The molecule has 3 heterocycles. The first-order valence-electron chi connectivity index (χ1n) is 10.7. The Morgan fingerprint density at radius 2 is 2.00 bits per heavy atom. The van der Waals surface area contributed by atoms with Gasteiger partial charge in [0, 0.05) is 35.3 Å². The molecule has 5 rings (SSSR count). The van der Waals surface area contributed by atoms with Crippen LogP contribution in [-0.2, 0) is 16.1 Å². The zero-order valence-corrected chi connectivity index (χ0v) is 20.2. The molecular weight excluding hydrogens is 520 g/mol. The second kappa shape index (κ2) is 9.44. The van der Waals surface area contributed by atoms with Gasteiger partial charge in [0.15, 0.2) is 5.65 Å². The van der Waals surface area contributed by atoms with Gasteiger partial charge in [-0.25, -0.2) is 4.98 Å². The molecule has 0 radical (unpaired) electrons. The van der Waals surface area contributed by atoms with E-state index in [1.165, 1.54) is 0 Å². The van der Waals surface area contributed by atoms with Crippen LogP contribution in [0.15, 0.2) is 65.3 Å². The molecule has 1 atom stereocenters. The molecule has 0 aliphatic carbocycles. The Balaban J connectivity index is 1.32. The summed E-state index contributed by atoms with van der Waals surface area (Å²) in [7, 11) is 0. The fraction of sp³-hybridized carbons (Fsp3) is 0.167. The Morgan fingerprint density at radius 3 is 2.74 bits per heavy atom. The summed E-state index contributed by atoms with van der Waals surface area (Å²) >= 11 is 9.92. The van der Waals surface area contributed by atoms with Crippen molar-refractivity contribution in [3.8, 4) is 11.3 Å².